The third-order valence-corrected chi connectivity index (χ3v) is 3.79. The summed E-state index contributed by atoms with van der Waals surface area (Å²) in [4.78, 5) is 0. The van der Waals surface area contributed by atoms with Crippen molar-refractivity contribution in [3.8, 4) is 0 Å². The number of halogens is 5. The second-order valence-corrected chi connectivity index (χ2v) is 5.24. The van der Waals surface area contributed by atoms with Crippen LogP contribution in [-0.2, 0) is 10.9 Å². The molecule has 2 rings (SSSR count). The van der Waals surface area contributed by atoms with Crippen LogP contribution in [0.15, 0.2) is 12.1 Å². The van der Waals surface area contributed by atoms with Gasteiger partial charge in [0, 0.05) is 24.8 Å². The highest BCUT2D eigenvalue weighted by atomic mass is 35.5. The third-order valence-electron chi connectivity index (χ3n) is 3.52. The monoisotopic (exact) mass is 311 g/mol. The molecule has 0 bridgehead atoms. The Bertz CT molecular complexity index is 486. The largest absolute Gasteiger partial charge is 0.416 e. The van der Waals surface area contributed by atoms with Gasteiger partial charge in [0.05, 0.1) is 10.6 Å². The molecule has 2 nitrogen and oxygen atoms in total. The van der Waals surface area contributed by atoms with E-state index in [4.69, 9.17) is 22.1 Å². The van der Waals surface area contributed by atoms with Crippen molar-refractivity contribution in [3.63, 3.8) is 0 Å². The normalized spacial score (nSPS) is 19.1. The first kappa shape index (κ1) is 15.5. The predicted molar refractivity (Wildman–Crippen MR) is 66.9 cm³/mol. The quantitative estimate of drug-likeness (QED) is 0.840. The zero-order chi connectivity index (χ0) is 14.9. The van der Waals surface area contributed by atoms with Gasteiger partial charge in [0.2, 0.25) is 0 Å². The van der Waals surface area contributed by atoms with Crippen molar-refractivity contribution in [1.82, 2.24) is 0 Å². The Morgan fingerprint density at radius 1 is 1.25 bits per heavy atom. The third kappa shape index (κ3) is 3.24. The molecule has 2 N–H and O–H groups in total. The van der Waals surface area contributed by atoms with Crippen molar-refractivity contribution in [2.75, 3.05) is 13.2 Å². The smallest absolute Gasteiger partial charge is 0.381 e. The van der Waals surface area contributed by atoms with Crippen LogP contribution in [0.3, 0.4) is 0 Å². The number of rotatable bonds is 2. The molecule has 0 spiro atoms. The number of benzene rings is 1. The molecule has 7 heteroatoms. The summed E-state index contributed by atoms with van der Waals surface area (Å²) in [6, 6.07) is 0.511. The molecule has 1 aromatic carbocycles. The van der Waals surface area contributed by atoms with Crippen LogP contribution in [0.1, 0.15) is 30.0 Å². The van der Waals surface area contributed by atoms with Crippen LogP contribution in [0.5, 0.6) is 0 Å². The van der Waals surface area contributed by atoms with Gasteiger partial charge in [-0.2, -0.15) is 13.2 Å². The molecular weight excluding hydrogens is 298 g/mol. The van der Waals surface area contributed by atoms with E-state index in [1.165, 1.54) is 0 Å². The lowest BCUT2D eigenvalue weighted by molar-refractivity contribution is -0.137. The van der Waals surface area contributed by atoms with Gasteiger partial charge in [-0.15, -0.1) is 0 Å². The Kier molecular flexibility index (Phi) is 4.56. The molecule has 0 aliphatic carbocycles. The highest BCUT2D eigenvalue weighted by Gasteiger charge is 2.34. The molecule has 1 fully saturated rings. The van der Waals surface area contributed by atoms with E-state index in [0.717, 1.165) is 6.07 Å². The summed E-state index contributed by atoms with van der Waals surface area (Å²) in [6.07, 6.45) is -3.40. The fraction of sp³-hybridized carbons (Fsp3) is 0.538. The molecule has 1 aliphatic heterocycles. The fourth-order valence-corrected chi connectivity index (χ4v) is 2.57. The highest BCUT2D eigenvalue weighted by molar-refractivity contribution is 6.30. The van der Waals surface area contributed by atoms with Crippen molar-refractivity contribution in [2.24, 2.45) is 11.7 Å². The molecular formula is C13H14ClF4NO. The summed E-state index contributed by atoms with van der Waals surface area (Å²) in [5.41, 5.74) is 4.76. The highest BCUT2D eigenvalue weighted by Crippen LogP contribution is 2.37. The van der Waals surface area contributed by atoms with Crippen LogP contribution in [0.4, 0.5) is 17.6 Å². The van der Waals surface area contributed by atoms with E-state index in [-0.39, 0.29) is 11.5 Å². The van der Waals surface area contributed by atoms with Gasteiger partial charge in [-0.3, -0.25) is 0 Å². The predicted octanol–water partition coefficient (Wildman–Crippen LogP) is 3.92. The lowest BCUT2D eigenvalue weighted by Crippen LogP contribution is -2.28. The minimum Gasteiger partial charge on any atom is -0.381 e. The van der Waals surface area contributed by atoms with Crippen molar-refractivity contribution >= 4 is 11.6 Å². The lowest BCUT2D eigenvalue weighted by atomic mass is 9.87. The van der Waals surface area contributed by atoms with Crippen molar-refractivity contribution in [3.05, 3.63) is 34.1 Å². The van der Waals surface area contributed by atoms with E-state index in [0.29, 0.717) is 32.1 Å². The first-order valence-electron chi connectivity index (χ1n) is 6.20. The second kappa shape index (κ2) is 5.87. The maximum atomic E-state index is 14.0. The summed E-state index contributed by atoms with van der Waals surface area (Å²) in [6.45, 7) is 0.958. The van der Waals surface area contributed by atoms with Crippen molar-refractivity contribution < 1.29 is 22.3 Å². The van der Waals surface area contributed by atoms with Gasteiger partial charge in [0.1, 0.15) is 5.82 Å². The van der Waals surface area contributed by atoms with Crippen LogP contribution in [0, 0.1) is 11.7 Å². The van der Waals surface area contributed by atoms with Gasteiger partial charge in [-0.1, -0.05) is 11.6 Å². The molecule has 0 radical (unpaired) electrons. The van der Waals surface area contributed by atoms with Crippen molar-refractivity contribution in [1.29, 1.82) is 0 Å². The molecule has 1 aliphatic rings. The minimum absolute atomic E-state index is 0.113. The summed E-state index contributed by atoms with van der Waals surface area (Å²) < 4.78 is 57.4. The molecule has 20 heavy (non-hydrogen) atoms. The molecule has 0 unspecified atom stereocenters. The molecule has 1 saturated heterocycles. The number of ether oxygens (including phenoxy) is 1. The van der Waals surface area contributed by atoms with Gasteiger partial charge in [-0.05, 0) is 30.9 Å². The van der Waals surface area contributed by atoms with Crippen LogP contribution in [0.2, 0.25) is 5.02 Å². The zero-order valence-corrected chi connectivity index (χ0v) is 11.3. The van der Waals surface area contributed by atoms with Crippen LogP contribution < -0.4 is 5.73 Å². The molecule has 1 heterocycles. The van der Waals surface area contributed by atoms with Crippen molar-refractivity contribution in [2.45, 2.75) is 25.1 Å². The Hall–Kier alpha value is -0.850. The standard InChI is InChI=1S/C13H14ClF4NO/c14-10-6-8(13(16,17)18)5-9(11(10)15)12(19)7-1-3-20-4-2-7/h5-7,12H,1-4,19H2/t12-/m1/s1. The molecule has 1 aromatic rings. The molecule has 0 aromatic heterocycles. The SMILES string of the molecule is N[C@@H](c1cc(C(F)(F)F)cc(Cl)c1F)C1CCOCC1. The molecule has 0 saturated carbocycles. The van der Waals surface area contributed by atoms with E-state index < -0.39 is 28.6 Å². The average Bonchev–Trinajstić information content (AvgIpc) is 2.40. The van der Waals surface area contributed by atoms with E-state index in [9.17, 15) is 17.6 Å². The Balaban J connectivity index is 2.36. The zero-order valence-electron chi connectivity index (χ0n) is 10.5. The Morgan fingerprint density at radius 2 is 1.85 bits per heavy atom. The first-order valence-corrected chi connectivity index (χ1v) is 6.58. The summed E-state index contributed by atoms with van der Waals surface area (Å²) >= 11 is 5.55. The summed E-state index contributed by atoms with van der Waals surface area (Å²) in [5.74, 6) is -0.989. The maximum Gasteiger partial charge on any atom is 0.416 e. The topological polar surface area (TPSA) is 35.2 Å². The molecule has 0 amide bonds. The Morgan fingerprint density at radius 3 is 2.40 bits per heavy atom. The number of alkyl halides is 3. The molecule has 1 atom stereocenters. The maximum absolute atomic E-state index is 14.0. The second-order valence-electron chi connectivity index (χ2n) is 4.83. The van der Waals surface area contributed by atoms with E-state index >= 15 is 0 Å². The Labute approximate surface area is 118 Å². The van der Waals surface area contributed by atoms with Gasteiger partial charge >= 0.3 is 6.18 Å². The van der Waals surface area contributed by atoms with E-state index in [1.807, 2.05) is 0 Å². The first-order chi connectivity index (χ1) is 9.30. The van der Waals surface area contributed by atoms with E-state index in [2.05, 4.69) is 0 Å². The minimum atomic E-state index is -4.58. The molecule has 112 valence electrons. The fourth-order valence-electron chi connectivity index (χ4n) is 2.35. The van der Waals surface area contributed by atoms with Gasteiger partial charge in [0.15, 0.2) is 0 Å². The number of hydrogen-bond acceptors (Lipinski definition) is 2. The summed E-state index contributed by atoms with van der Waals surface area (Å²) in [7, 11) is 0. The number of hydrogen-bond donors (Lipinski definition) is 1. The van der Waals surface area contributed by atoms with Crippen LogP contribution in [0.25, 0.3) is 0 Å². The average molecular weight is 312 g/mol. The van der Waals surface area contributed by atoms with Gasteiger partial charge in [0.25, 0.3) is 0 Å². The number of nitrogens with two attached hydrogens (primary N) is 1. The summed E-state index contributed by atoms with van der Waals surface area (Å²) in [5, 5.41) is -0.558. The lowest BCUT2D eigenvalue weighted by Gasteiger charge is -2.28. The van der Waals surface area contributed by atoms with Crippen LogP contribution >= 0.6 is 11.6 Å². The van der Waals surface area contributed by atoms with Gasteiger partial charge in [-0.25, -0.2) is 4.39 Å². The van der Waals surface area contributed by atoms with Crippen LogP contribution in [-0.4, -0.2) is 13.2 Å². The van der Waals surface area contributed by atoms with E-state index in [1.54, 1.807) is 0 Å². The van der Waals surface area contributed by atoms with Gasteiger partial charge < -0.3 is 10.5 Å².